The molecule has 26 heavy (non-hydrogen) atoms. The van der Waals surface area contributed by atoms with Gasteiger partial charge < -0.3 is 24.4 Å². The third-order valence-corrected chi connectivity index (χ3v) is 4.77. The van der Waals surface area contributed by atoms with Crippen molar-refractivity contribution in [2.24, 2.45) is 0 Å². The summed E-state index contributed by atoms with van der Waals surface area (Å²) in [6.45, 7) is 3.79. The zero-order valence-electron chi connectivity index (χ0n) is 15.4. The first-order valence-corrected chi connectivity index (χ1v) is 8.55. The molecule has 0 bridgehead atoms. The summed E-state index contributed by atoms with van der Waals surface area (Å²) in [7, 11) is 3.11. The maximum absolute atomic E-state index is 10.1. The fourth-order valence-electron chi connectivity index (χ4n) is 3.43. The number of aromatic hydroxyl groups is 1. The number of aliphatic hydroxyl groups is 1. The van der Waals surface area contributed by atoms with Crippen LogP contribution in [0.15, 0.2) is 30.3 Å². The van der Waals surface area contributed by atoms with E-state index in [0.717, 1.165) is 22.4 Å². The highest BCUT2D eigenvalue weighted by molar-refractivity contribution is 5.62. The summed E-state index contributed by atoms with van der Waals surface area (Å²) in [5, 5.41) is 19.7. The van der Waals surface area contributed by atoms with Crippen LogP contribution in [0.4, 0.5) is 0 Å². The Balaban J connectivity index is 2.07. The Morgan fingerprint density at radius 2 is 1.85 bits per heavy atom. The highest BCUT2D eigenvalue weighted by Gasteiger charge is 2.35. The highest BCUT2D eigenvalue weighted by atomic mass is 16.5. The van der Waals surface area contributed by atoms with Crippen LogP contribution in [0.1, 0.15) is 48.1 Å². The van der Waals surface area contributed by atoms with Gasteiger partial charge in [0.05, 0.1) is 20.8 Å². The standard InChI is InChI=1S/C21H24O5/c1-5-6-13-7-16-12(2)20(26-21(16)18(8-13)25-4)14-9-15(11-22)19(23)17(10-14)24-3/h5-10,12,20,22-23H,11H2,1-4H3/t12-,20-/m1/s1. The predicted molar refractivity (Wildman–Crippen MR) is 100 cm³/mol. The predicted octanol–water partition coefficient (Wildman–Crippen LogP) is 4.17. The van der Waals surface area contributed by atoms with E-state index < -0.39 is 0 Å². The summed E-state index contributed by atoms with van der Waals surface area (Å²) in [6, 6.07) is 7.56. The molecule has 3 rings (SSSR count). The van der Waals surface area contributed by atoms with Crippen molar-refractivity contribution in [3.05, 3.63) is 52.6 Å². The molecule has 2 N–H and O–H groups in total. The molecule has 2 aromatic carbocycles. The molecule has 0 spiro atoms. The Morgan fingerprint density at radius 3 is 2.46 bits per heavy atom. The van der Waals surface area contributed by atoms with Crippen LogP contribution in [0.2, 0.25) is 0 Å². The van der Waals surface area contributed by atoms with E-state index in [-0.39, 0.29) is 24.4 Å². The molecule has 0 fully saturated rings. The van der Waals surface area contributed by atoms with Gasteiger partial charge >= 0.3 is 0 Å². The molecule has 0 amide bonds. The Morgan fingerprint density at radius 1 is 1.12 bits per heavy atom. The van der Waals surface area contributed by atoms with Gasteiger partial charge in [-0.1, -0.05) is 19.1 Å². The zero-order valence-corrected chi connectivity index (χ0v) is 15.4. The van der Waals surface area contributed by atoms with Crippen molar-refractivity contribution in [1.29, 1.82) is 0 Å². The number of fused-ring (bicyclic) bond motifs is 1. The summed E-state index contributed by atoms with van der Waals surface area (Å²) >= 11 is 0. The zero-order chi connectivity index (χ0) is 18.8. The first kappa shape index (κ1) is 18.1. The van der Waals surface area contributed by atoms with E-state index in [1.165, 1.54) is 7.11 Å². The van der Waals surface area contributed by atoms with Crippen molar-refractivity contribution in [3.63, 3.8) is 0 Å². The topological polar surface area (TPSA) is 68.2 Å². The van der Waals surface area contributed by atoms with Crippen LogP contribution in [0, 0.1) is 0 Å². The molecule has 138 valence electrons. The Bertz CT molecular complexity index is 816. The van der Waals surface area contributed by atoms with Crippen molar-refractivity contribution < 1.29 is 24.4 Å². The largest absolute Gasteiger partial charge is 0.504 e. The van der Waals surface area contributed by atoms with E-state index in [0.29, 0.717) is 17.1 Å². The number of aliphatic hydroxyl groups excluding tert-OH is 1. The summed E-state index contributed by atoms with van der Waals surface area (Å²) < 4.78 is 17.0. The molecule has 2 aromatic rings. The lowest BCUT2D eigenvalue weighted by atomic mass is 9.90. The highest BCUT2D eigenvalue weighted by Crippen LogP contribution is 2.51. The maximum atomic E-state index is 10.1. The smallest absolute Gasteiger partial charge is 0.165 e. The number of rotatable bonds is 5. The summed E-state index contributed by atoms with van der Waals surface area (Å²) in [4.78, 5) is 0. The summed E-state index contributed by atoms with van der Waals surface area (Å²) in [5.41, 5.74) is 3.37. The molecule has 0 radical (unpaired) electrons. The fourth-order valence-corrected chi connectivity index (χ4v) is 3.43. The number of phenols is 1. The lowest BCUT2D eigenvalue weighted by Gasteiger charge is -2.19. The lowest BCUT2D eigenvalue weighted by molar-refractivity contribution is 0.206. The van der Waals surface area contributed by atoms with Gasteiger partial charge in [-0.05, 0) is 42.3 Å². The third kappa shape index (κ3) is 2.99. The van der Waals surface area contributed by atoms with Gasteiger partial charge in [-0.25, -0.2) is 0 Å². The Labute approximate surface area is 153 Å². The number of allylic oxidation sites excluding steroid dienone is 1. The van der Waals surface area contributed by atoms with Gasteiger partial charge in [0.2, 0.25) is 0 Å². The van der Waals surface area contributed by atoms with E-state index >= 15 is 0 Å². The quantitative estimate of drug-likeness (QED) is 0.841. The van der Waals surface area contributed by atoms with Crippen LogP contribution in [0.25, 0.3) is 6.08 Å². The third-order valence-electron chi connectivity index (χ3n) is 4.77. The molecule has 5 heteroatoms. The van der Waals surface area contributed by atoms with Gasteiger partial charge in [0.25, 0.3) is 0 Å². The van der Waals surface area contributed by atoms with E-state index in [9.17, 15) is 10.2 Å². The second-order valence-electron chi connectivity index (χ2n) is 6.36. The number of methoxy groups -OCH3 is 2. The van der Waals surface area contributed by atoms with Crippen molar-refractivity contribution in [1.82, 2.24) is 0 Å². The van der Waals surface area contributed by atoms with E-state index in [1.807, 2.05) is 25.1 Å². The minimum absolute atomic E-state index is 0.0464. The molecule has 1 heterocycles. The van der Waals surface area contributed by atoms with Gasteiger partial charge in [-0.2, -0.15) is 0 Å². The molecular weight excluding hydrogens is 332 g/mol. The second-order valence-corrected chi connectivity index (χ2v) is 6.36. The van der Waals surface area contributed by atoms with Crippen molar-refractivity contribution in [2.45, 2.75) is 32.5 Å². The van der Waals surface area contributed by atoms with E-state index in [1.54, 1.807) is 19.2 Å². The number of benzene rings is 2. The van der Waals surface area contributed by atoms with Crippen LogP contribution in [-0.2, 0) is 6.61 Å². The van der Waals surface area contributed by atoms with Crippen molar-refractivity contribution >= 4 is 6.08 Å². The average molecular weight is 356 g/mol. The minimum Gasteiger partial charge on any atom is -0.504 e. The first-order valence-electron chi connectivity index (χ1n) is 8.55. The molecule has 5 nitrogen and oxygen atoms in total. The van der Waals surface area contributed by atoms with Crippen LogP contribution in [-0.4, -0.2) is 24.4 Å². The minimum atomic E-state index is -0.279. The van der Waals surface area contributed by atoms with Crippen LogP contribution < -0.4 is 14.2 Å². The maximum Gasteiger partial charge on any atom is 0.165 e. The van der Waals surface area contributed by atoms with Gasteiger partial charge in [-0.15, -0.1) is 0 Å². The SMILES string of the molecule is CC=Cc1cc(OC)c2c(c1)[C@@H](C)[C@H](c1cc(CO)c(O)c(OC)c1)O2. The van der Waals surface area contributed by atoms with Crippen LogP contribution in [0.3, 0.4) is 0 Å². The number of hydrogen-bond acceptors (Lipinski definition) is 5. The monoisotopic (exact) mass is 356 g/mol. The van der Waals surface area contributed by atoms with Gasteiger partial charge in [0.15, 0.2) is 23.0 Å². The Hall–Kier alpha value is -2.66. The van der Waals surface area contributed by atoms with Crippen LogP contribution in [0.5, 0.6) is 23.0 Å². The molecule has 0 aromatic heterocycles. The van der Waals surface area contributed by atoms with Crippen molar-refractivity contribution in [2.75, 3.05) is 14.2 Å². The molecule has 2 atom stereocenters. The molecule has 1 aliphatic heterocycles. The first-order chi connectivity index (χ1) is 12.5. The molecular formula is C21H24O5. The number of hydrogen-bond donors (Lipinski definition) is 2. The lowest BCUT2D eigenvalue weighted by Crippen LogP contribution is -2.08. The van der Waals surface area contributed by atoms with E-state index in [2.05, 4.69) is 13.0 Å². The van der Waals surface area contributed by atoms with E-state index in [4.69, 9.17) is 14.2 Å². The van der Waals surface area contributed by atoms with Gasteiger partial charge in [0, 0.05) is 17.0 Å². The molecule has 0 saturated heterocycles. The van der Waals surface area contributed by atoms with Crippen molar-refractivity contribution in [3.8, 4) is 23.0 Å². The van der Waals surface area contributed by atoms with Gasteiger partial charge in [-0.3, -0.25) is 0 Å². The molecule has 1 aliphatic rings. The fraction of sp³-hybridized carbons (Fsp3) is 0.333. The second kappa shape index (κ2) is 7.30. The van der Waals surface area contributed by atoms with Gasteiger partial charge in [0.1, 0.15) is 6.10 Å². The molecule has 0 unspecified atom stereocenters. The Kier molecular flexibility index (Phi) is 5.09. The summed E-state index contributed by atoms with van der Waals surface area (Å²) in [5.74, 6) is 1.77. The number of ether oxygens (including phenoxy) is 3. The summed E-state index contributed by atoms with van der Waals surface area (Å²) in [6.07, 6.45) is 3.74. The molecule has 0 saturated carbocycles. The normalized spacial score (nSPS) is 18.7. The average Bonchev–Trinajstić information content (AvgIpc) is 2.98. The van der Waals surface area contributed by atoms with Crippen LogP contribution >= 0.6 is 0 Å². The molecule has 0 aliphatic carbocycles.